The second-order valence-electron chi connectivity index (χ2n) is 3.36. The van der Waals surface area contributed by atoms with Crippen LogP contribution in [0.3, 0.4) is 0 Å². The molecule has 0 fully saturated rings. The van der Waals surface area contributed by atoms with E-state index in [1.807, 2.05) is 0 Å². The van der Waals surface area contributed by atoms with E-state index in [-0.39, 0.29) is 23.7 Å². The van der Waals surface area contributed by atoms with Crippen LogP contribution in [0, 0.1) is 6.92 Å². The third-order valence-electron chi connectivity index (χ3n) is 2.13. The lowest BCUT2D eigenvalue weighted by atomic mass is 10.1. The number of hydrogen-bond donors (Lipinski definition) is 3. The molecule has 0 aromatic heterocycles. The molecule has 0 radical (unpaired) electrons. The summed E-state index contributed by atoms with van der Waals surface area (Å²) in [6.07, 6.45) is -1.45. The fourth-order valence-electron chi connectivity index (χ4n) is 1.30. The Labute approximate surface area is 92.9 Å². The number of aliphatic hydroxyl groups is 1. The first-order valence-electron chi connectivity index (χ1n) is 4.84. The molecule has 0 bridgehead atoms. The highest BCUT2D eigenvalue weighted by Gasteiger charge is 2.20. The number of carbonyl (C=O) groups is 1. The molecule has 0 aliphatic carbocycles. The Morgan fingerprint density at radius 1 is 1.44 bits per heavy atom. The summed E-state index contributed by atoms with van der Waals surface area (Å²) in [4.78, 5) is 11.2. The molecule has 0 aliphatic rings. The van der Waals surface area contributed by atoms with Crippen molar-refractivity contribution in [1.82, 2.24) is 0 Å². The zero-order valence-corrected chi connectivity index (χ0v) is 9.10. The molecule has 1 atom stereocenters. The van der Waals surface area contributed by atoms with Crippen molar-refractivity contribution in [3.05, 3.63) is 23.3 Å². The van der Waals surface area contributed by atoms with Gasteiger partial charge >= 0.3 is 5.97 Å². The first kappa shape index (κ1) is 12.3. The van der Waals surface area contributed by atoms with E-state index >= 15 is 0 Å². The van der Waals surface area contributed by atoms with Gasteiger partial charge < -0.3 is 20.1 Å². The topological polar surface area (TPSA) is 87.0 Å². The van der Waals surface area contributed by atoms with E-state index in [4.69, 9.17) is 0 Å². The number of phenolic OH excluding ortho intramolecular Hbond substituents is 2. The summed E-state index contributed by atoms with van der Waals surface area (Å²) in [6.45, 7) is 3.35. The molecule has 3 N–H and O–H groups in total. The second-order valence-corrected chi connectivity index (χ2v) is 3.36. The van der Waals surface area contributed by atoms with Crippen molar-refractivity contribution in [2.24, 2.45) is 0 Å². The van der Waals surface area contributed by atoms with Gasteiger partial charge in [-0.1, -0.05) is 0 Å². The predicted molar refractivity (Wildman–Crippen MR) is 56.1 cm³/mol. The van der Waals surface area contributed by atoms with Gasteiger partial charge in [0.15, 0.2) is 17.6 Å². The van der Waals surface area contributed by atoms with E-state index < -0.39 is 12.1 Å². The molecule has 5 heteroatoms. The highest BCUT2D eigenvalue weighted by atomic mass is 16.5. The Morgan fingerprint density at radius 3 is 2.56 bits per heavy atom. The molecule has 88 valence electrons. The van der Waals surface area contributed by atoms with E-state index in [1.54, 1.807) is 13.8 Å². The summed E-state index contributed by atoms with van der Waals surface area (Å²) in [5.41, 5.74) is 0.560. The van der Waals surface area contributed by atoms with Crippen LogP contribution in [-0.2, 0) is 9.53 Å². The molecule has 5 nitrogen and oxygen atoms in total. The number of benzene rings is 1. The van der Waals surface area contributed by atoms with Crippen LogP contribution < -0.4 is 0 Å². The standard InChI is InChI=1S/C11H14O5/c1-3-16-11(15)10(14)7-4-6(2)9(13)8(12)5-7/h4-5,10,12-14H,3H2,1-2H3. The van der Waals surface area contributed by atoms with Gasteiger partial charge in [0.2, 0.25) is 0 Å². The molecule has 0 aliphatic heterocycles. The fraction of sp³-hybridized carbons (Fsp3) is 0.364. The third-order valence-corrected chi connectivity index (χ3v) is 2.13. The molecule has 1 unspecified atom stereocenters. The summed E-state index contributed by atoms with van der Waals surface area (Å²) in [5.74, 6) is -1.43. The van der Waals surface area contributed by atoms with Crippen LogP contribution in [0.4, 0.5) is 0 Å². The molecule has 1 rings (SSSR count). The molecule has 16 heavy (non-hydrogen) atoms. The van der Waals surface area contributed by atoms with Gasteiger partial charge in [0.05, 0.1) is 6.61 Å². The smallest absolute Gasteiger partial charge is 0.339 e. The van der Waals surface area contributed by atoms with E-state index in [1.165, 1.54) is 6.07 Å². The molecule has 1 aromatic carbocycles. The van der Waals surface area contributed by atoms with Crippen LogP contribution in [0.25, 0.3) is 0 Å². The van der Waals surface area contributed by atoms with Gasteiger partial charge in [-0.2, -0.15) is 0 Å². The first-order chi connectivity index (χ1) is 7.47. The van der Waals surface area contributed by atoms with Crippen LogP contribution in [0.1, 0.15) is 24.2 Å². The van der Waals surface area contributed by atoms with Gasteiger partial charge in [0, 0.05) is 0 Å². The molecule has 0 spiro atoms. The van der Waals surface area contributed by atoms with E-state index in [0.29, 0.717) is 5.56 Å². The Balaban J connectivity index is 3.01. The van der Waals surface area contributed by atoms with E-state index in [9.17, 15) is 20.1 Å². The number of rotatable bonds is 3. The molecule has 0 saturated heterocycles. The van der Waals surface area contributed by atoms with Crippen molar-refractivity contribution in [2.45, 2.75) is 20.0 Å². The minimum Gasteiger partial charge on any atom is -0.504 e. The number of hydrogen-bond acceptors (Lipinski definition) is 5. The minimum absolute atomic E-state index is 0.166. The summed E-state index contributed by atoms with van der Waals surface area (Å²) < 4.78 is 4.63. The maximum absolute atomic E-state index is 11.2. The van der Waals surface area contributed by atoms with Gasteiger partial charge in [0.25, 0.3) is 0 Å². The van der Waals surface area contributed by atoms with Crippen molar-refractivity contribution < 1.29 is 24.9 Å². The minimum atomic E-state index is -1.45. The lowest BCUT2D eigenvalue weighted by Crippen LogP contribution is -2.15. The molecular formula is C11H14O5. The first-order valence-corrected chi connectivity index (χ1v) is 4.84. The molecule has 0 saturated carbocycles. The van der Waals surface area contributed by atoms with Gasteiger partial charge in [0.1, 0.15) is 0 Å². The van der Waals surface area contributed by atoms with Crippen molar-refractivity contribution in [1.29, 1.82) is 0 Å². The highest BCUT2D eigenvalue weighted by Crippen LogP contribution is 2.32. The van der Waals surface area contributed by atoms with Crippen LogP contribution in [0.2, 0.25) is 0 Å². The number of aromatic hydroxyl groups is 2. The van der Waals surface area contributed by atoms with Crippen LogP contribution in [0.15, 0.2) is 12.1 Å². The zero-order chi connectivity index (χ0) is 12.3. The lowest BCUT2D eigenvalue weighted by Gasteiger charge is -2.12. The maximum atomic E-state index is 11.2. The molecular weight excluding hydrogens is 212 g/mol. The Hall–Kier alpha value is -1.75. The van der Waals surface area contributed by atoms with Gasteiger partial charge in [-0.15, -0.1) is 0 Å². The maximum Gasteiger partial charge on any atom is 0.339 e. The summed E-state index contributed by atoms with van der Waals surface area (Å²) in [6, 6.07) is 2.54. The molecule has 0 amide bonds. The average Bonchev–Trinajstić information content (AvgIpc) is 2.24. The quantitative estimate of drug-likeness (QED) is 0.528. The fourth-order valence-corrected chi connectivity index (χ4v) is 1.30. The van der Waals surface area contributed by atoms with Crippen molar-refractivity contribution in [3.8, 4) is 11.5 Å². The SMILES string of the molecule is CCOC(=O)C(O)c1cc(C)c(O)c(O)c1. The summed E-state index contributed by atoms with van der Waals surface area (Å²) in [7, 11) is 0. The number of ether oxygens (including phenoxy) is 1. The number of aliphatic hydroxyl groups excluding tert-OH is 1. The van der Waals surface area contributed by atoms with E-state index in [2.05, 4.69) is 4.74 Å². The van der Waals surface area contributed by atoms with Crippen LogP contribution in [0.5, 0.6) is 11.5 Å². The second kappa shape index (κ2) is 4.85. The zero-order valence-electron chi connectivity index (χ0n) is 9.10. The number of phenols is 2. The van der Waals surface area contributed by atoms with Crippen molar-refractivity contribution in [3.63, 3.8) is 0 Å². The number of carbonyl (C=O) groups excluding carboxylic acids is 1. The average molecular weight is 226 g/mol. The third kappa shape index (κ3) is 2.43. The Morgan fingerprint density at radius 2 is 2.06 bits per heavy atom. The van der Waals surface area contributed by atoms with E-state index in [0.717, 1.165) is 6.07 Å². The normalized spacial score (nSPS) is 12.2. The predicted octanol–water partition coefficient (Wildman–Crippen LogP) is 1.00. The van der Waals surface area contributed by atoms with Gasteiger partial charge in [-0.3, -0.25) is 0 Å². The molecule has 0 heterocycles. The van der Waals surface area contributed by atoms with Crippen LogP contribution >= 0.6 is 0 Å². The highest BCUT2D eigenvalue weighted by molar-refractivity contribution is 5.76. The van der Waals surface area contributed by atoms with Gasteiger partial charge in [-0.25, -0.2) is 4.79 Å². The lowest BCUT2D eigenvalue weighted by molar-refractivity contribution is -0.153. The number of aryl methyl sites for hydroxylation is 1. The molecule has 1 aromatic rings. The summed E-state index contributed by atoms with van der Waals surface area (Å²) >= 11 is 0. The van der Waals surface area contributed by atoms with Crippen molar-refractivity contribution in [2.75, 3.05) is 6.61 Å². The Kier molecular flexibility index (Phi) is 3.73. The van der Waals surface area contributed by atoms with Gasteiger partial charge in [-0.05, 0) is 37.1 Å². The van der Waals surface area contributed by atoms with Crippen molar-refractivity contribution >= 4 is 5.97 Å². The summed E-state index contributed by atoms with van der Waals surface area (Å²) in [5, 5.41) is 28.2. The monoisotopic (exact) mass is 226 g/mol. The van der Waals surface area contributed by atoms with Crippen LogP contribution in [-0.4, -0.2) is 27.9 Å². The Bertz CT molecular complexity index is 376. The number of esters is 1. The largest absolute Gasteiger partial charge is 0.504 e.